The topological polar surface area (TPSA) is 87.9 Å². The highest BCUT2D eigenvalue weighted by molar-refractivity contribution is 6.30. The Morgan fingerprint density at radius 2 is 1.58 bits per heavy atom. The van der Waals surface area contributed by atoms with Crippen LogP contribution in [0.4, 0.5) is 4.39 Å². The van der Waals surface area contributed by atoms with E-state index >= 15 is 0 Å². The molecular weight excluding hydrogens is 691 g/mol. The van der Waals surface area contributed by atoms with Gasteiger partial charge in [-0.1, -0.05) is 35.9 Å². The van der Waals surface area contributed by atoms with Gasteiger partial charge in [0.1, 0.15) is 29.7 Å². The molecule has 1 aliphatic rings. The molecule has 1 aromatic heterocycles. The lowest BCUT2D eigenvalue weighted by atomic mass is 10.1. The van der Waals surface area contributed by atoms with Crippen molar-refractivity contribution in [2.45, 2.75) is 33.4 Å². The Bertz CT molecular complexity index is 2070. The molecule has 2 heterocycles. The standard InChI is InChI=1S/C43H40ClFN4O4/c1-30-23-34(24-31(2)43(30)53-41-15-14-39(27-47-41)52-29-33-5-3-32(26-46)4-6-33)8-16-42(50)49-20-18-48(19-21-49)28-35-7-9-36(40(45)25-35)17-22-51-38-12-10-37(44)11-13-38/h3-16,23-25,27H,17-22,28-29H2,1-2H3/b16-8+. The number of carbonyl (C=O) groups excluding carboxylic acids is 1. The van der Waals surface area contributed by atoms with Crippen LogP contribution in [0.5, 0.6) is 23.1 Å². The van der Waals surface area contributed by atoms with E-state index in [1.807, 2.05) is 61.2 Å². The average molecular weight is 731 g/mol. The van der Waals surface area contributed by atoms with Crippen LogP contribution >= 0.6 is 11.6 Å². The van der Waals surface area contributed by atoms with Gasteiger partial charge in [0.25, 0.3) is 0 Å². The largest absolute Gasteiger partial charge is 0.493 e. The van der Waals surface area contributed by atoms with Gasteiger partial charge in [-0.05, 0) is 114 Å². The highest BCUT2D eigenvalue weighted by Gasteiger charge is 2.20. The van der Waals surface area contributed by atoms with Crippen LogP contribution in [0, 0.1) is 31.0 Å². The number of hydrogen-bond donors (Lipinski definition) is 0. The van der Waals surface area contributed by atoms with Gasteiger partial charge in [-0.25, -0.2) is 9.37 Å². The lowest BCUT2D eigenvalue weighted by molar-refractivity contribution is -0.127. The Morgan fingerprint density at radius 1 is 0.887 bits per heavy atom. The second-order valence-electron chi connectivity index (χ2n) is 12.9. The molecule has 0 unspecified atom stereocenters. The number of pyridine rings is 1. The molecule has 0 saturated carbocycles. The Hall–Kier alpha value is -5.69. The van der Waals surface area contributed by atoms with Crippen LogP contribution in [0.3, 0.4) is 0 Å². The minimum absolute atomic E-state index is 0.0396. The van der Waals surface area contributed by atoms with Crippen molar-refractivity contribution in [2.24, 2.45) is 0 Å². The van der Waals surface area contributed by atoms with Crippen LogP contribution in [0.1, 0.15) is 38.9 Å². The molecule has 6 rings (SSSR count). The summed E-state index contributed by atoms with van der Waals surface area (Å²) in [6.45, 7) is 7.90. The predicted molar refractivity (Wildman–Crippen MR) is 204 cm³/mol. The van der Waals surface area contributed by atoms with Gasteiger partial charge in [0.15, 0.2) is 0 Å². The van der Waals surface area contributed by atoms with Crippen molar-refractivity contribution in [3.63, 3.8) is 0 Å². The molecule has 1 saturated heterocycles. The maximum absolute atomic E-state index is 14.9. The van der Waals surface area contributed by atoms with E-state index in [-0.39, 0.29) is 11.7 Å². The molecule has 8 nitrogen and oxygen atoms in total. The Morgan fingerprint density at radius 3 is 2.25 bits per heavy atom. The minimum atomic E-state index is -0.236. The number of nitriles is 1. The highest BCUT2D eigenvalue weighted by atomic mass is 35.5. The number of aromatic nitrogens is 1. The normalized spacial score (nSPS) is 13.2. The molecule has 0 N–H and O–H groups in total. The zero-order valence-electron chi connectivity index (χ0n) is 29.7. The molecule has 4 aromatic carbocycles. The fourth-order valence-electron chi connectivity index (χ4n) is 6.06. The smallest absolute Gasteiger partial charge is 0.246 e. The monoisotopic (exact) mass is 730 g/mol. The number of carbonyl (C=O) groups is 1. The summed E-state index contributed by atoms with van der Waals surface area (Å²) < 4.78 is 32.5. The molecular formula is C43H40ClFN4O4. The molecule has 0 radical (unpaired) electrons. The summed E-state index contributed by atoms with van der Waals surface area (Å²) in [6.07, 6.45) is 5.54. The number of rotatable bonds is 13. The molecule has 1 fully saturated rings. The van der Waals surface area contributed by atoms with Crippen molar-refractivity contribution in [2.75, 3.05) is 32.8 Å². The van der Waals surface area contributed by atoms with Crippen LogP contribution in [0.25, 0.3) is 6.08 Å². The fourth-order valence-corrected chi connectivity index (χ4v) is 6.19. The van der Waals surface area contributed by atoms with Gasteiger partial charge in [-0.3, -0.25) is 9.69 Å². The number of hydrogen-bond acceptors (Lipinski definition) is 7. The lowest BCUT2D eigenvalue weighted by Gasteiger charge is -2.34. The van der Waals surface area contributed by atoms with E-state index in [4.69, 9.17) is 31.1 Å². The Balaban J connectivity index is 0.943. The van der Waals surface area contributed by atoms with E-state index in [1.165, 1.54) is 0 Å². The predicted octanol–water partition coefficient (Wildman–Crippen LogP) is 8.71. The van der Waals surface area contributed by atoms with Gasteiger partial charge in [-0.2, -0.15) is 5.26 Å². The number of halogens is 2. The molecule has 5 aromatic rings. The van der Waals surface area contributed by atoms with E-state index in [0.29, 0.717) is 91.6 Å². The molecule has 1 amide bonds. The molecule has 0 aliphatic carbocycles. The van der Waals surface area contributed by atoms with Crippen molar-refractivity contribution in [1.29, 1.82) is 5.26 Å². The Kier molecular flexibility index (Phi) is 12.4. The van der Waals surface area contributed by atoms with E-state index in [1.54, 1.807) is 66.9 Å². The van der Waals surface area contributed by atoms with Gasteiger partial charge in [0, 0.05) is 56.3 Å². The first kappa shape index (κ1) is 37.1. The maximum Gasteiger partial charge on any atom is 0.246 e. The van der Waals surface area contributed by atoms with Crippen molar-refractivity contribution < 1.29 is 23.4 Å². The zero-order valence-corrected chi connectivity index (χ0v) is 30.5. The second kappa shape index (κ2) is 17.7. The van der Waals surface area contributed by atoms with E-state index in [0.717, 1.165) is 27.8 Å². The third-order valence-electron chi connectivity index (χ3n) is 8.97. The summed E-state index contributed by atoms with van der Waals surface area (Å²) in [6, 6.07) is 29.4. The van der Waals surface area contributed by atoms with Crippen molar-refractivity contribution in [1.82, 2.24) is 14.8 Å². The van der Waals surface area contributed by atoms with E-state index in [9.17, 15) is 9.18 Å². The third kappa shape index (κ3) is 10.4. The first-order valence-electron chi connectivity index (χ1n) is 17.4. The SMILES string of the molecule is Cc1cc(/C=C/C(=O)N2CCN(Cc3ccc(CCOc4ccc(Cl)cc4)c(F)c3)CC2)cc(C)c1Oc1ccc(OCc2ccc(C#N)cc2)cn1. The van der Waals surface area contributed by atoms with E-state index < -0.39 is 0 Å². The molecule has 0 spiro atoms. The fraction of sp³-hybridized carbons (Fsp3) is 0.233. The zero-order chi connectivity index (χ0) is 37.2. The molecule has 1 aliphatic heterocycles. The summed E-state index contributed by atoms with van der Waals surface area (Å²) in [5.74, 6) is 2.18. The first-order chi connectivity index (χ1) is 25.7. The quantitative estimate of drug-likeness (QED) is 0.112. The summed E-state index contributed by atoms with van der Waals surface area (Å²) >= 11 is 5.91. The summed E-state index contributed by atoms with van der Waals surface area (Å²) in [7, 11) is 0. The molecule has 0 atom stereocenters. The van der Waals surface area contributed by atoms with Crippen LogP contribution in [0.2, 0.25) is 5.02 Å². The summed E-state index contributed by atoms with van der Waals surface area (Å²) in [5, 5.41) is 9.60. The lowest BCUT2D eigenvalue weighted by Crippen LogP contribution is -2.47. The molecule has 0 bridgehead atoms. The first-order valence-corrected chi connectivity index (χ1v) is 17.8. The number of ether oxygens (including phenoxy) is 3. The summed E-state index contributed by atoms with van der Waals surface area (Å²) in [4.78, 5) is 21.6. The van der Waals surface area contributed by atoms with Crippen LogP contribution in [-0.4, -0.2) is 53.5 Å². The minimum Gasteiger partial charge on any atom is -0.493 e. The van der Waals surface area contributed by atoms with Crippen LogP contribution in [0.15, 0.2) is 103 Å². The second-order valence-corrected chi connectivity index (χ2v) is 13.4. The van der Waals surface area contributed by atoms with Crippen LogP contribution < -0.4 is 14.2 Å². The average Bonchev–Trinajstić information content (AvgIpc) is 3.17. The third-order valence-corrected chi connectivity index (χ3v) is 9.22. The van der Waals surface area contributed by atoms with Gasteiger partial charge in [0.05, 0.1) is 24.4 Å². The van der Waals surface area contributed by atoms with Gasteiger partial charge >= 0.3 is 0 Å². The van der Waals surface area contributed by atoms with Crippen LogP contribution in [-0.2, 0) is 24.4 Å². The van der Waals surface area contributed by atoms with Gasteiger partial charge in [-0.15, -0.1) is 0 Å². The van der Waals surface area contributed by atoms with E-state index in [2.05, 4.69) is 16.0 Å². The number of benzene rings is 4. The summed E-state index contributed by atoms with van der Waals surface area (Å²) in [5.41, 5.74) is 5.82. The number of nitrogens with zero attached hydrogens (tertiary/aromatic N) is 4. The highest BCUT2D eigenvalue weighted by Crippen LogP contribution is 2.30. The number of piperazine rings is 1. The van der Waals surface area contributed by atoms with Gasteiger partial charge < -0.3 is 19.1 Å². The van der Waals surface area contributed by atoms with Crippen molar-refractivity contribution in [3.8, 4) is 29.2 Å². The van der Waals surface area contributed by atoms with Gasteiger partial charge in [0.2, 0.25) is 11.8 Å². The maximum atomic E-state index is 14.9. The molecule has 10 heteroatoms. The number of amides is 1. The number of aryl methyl sites for hydroxylation is 2. The van der Waals surface area contributed by atoms with Crippen molar-refractivity contribution >= 4 is 23.6 Å². The molecule has 270 valence electrons. The molecule has 53 heavy (non-hydrogen) atoms. The van der Waals surface area contributed by atoms with Crippen molar-refractivity contribution in [3.05, 3.63) is 153 Å². The Labute approximate surface area is 314 Å².